The van der Waals surface area contributed by atoms with Crippen molar-refractivity contribution in [1.29, 1.82) is 0 Å². The van der Waals surface area contributed by atoms with Crippen LogP contribution in [0.4, 0.5) is 8.78 Å². The molecule has 0 aliphatic heterocycles. The summed E-state index contributed by atoms with van der Waals surface area (Å²) < 4.78 is 28.6. The zero-order valence-corrected chi connectivity index (χ0v) is 14.0. The molecule has 0 radical (unpaired) electrons. The lowest BCUT2D eigenvalue weighted by Gasteiger charge is -2.25. The average molecular weight is 349 g/mol. The van der Waals surface area contributed by atoms with Crippen LogP contribution in [0.1, 0.15) is 36.0 Å². The fourth-order valence-electron chi connectivity index (χ4n) is 3.32. The zero-order valence-electron chi connectivity index (χ0n) is 14.0. The SMILES string of the molecule is Cn1cc(C(=O)NCC2CCCC(O)C2)c(-c2ccc(F)cc2F)n1. The van der Waals surface area contributed by atoms with Gasteiger partial charge >= 0.3 is 0 Å². The molecular weight excluding hydrogens is 328 g/mol. The molecule has 25 heavy (non-hydrogen) atoms. The van der Waals surface area contributed by atoms with E-state index in [1.165, 1.54) is 16.9 Å². The highest BCUT2D eigenvalue weighted by Gasteiger charge is 2.23. The normalized spacial score (nSPS) is 20.5. The second-order valence-electron chi connectivity index (χ2n) is 6.59. The van der Waals surface area contributed by atoms with Crippen LogP contribution in [0.3, 0.4) is 0 Å². The van der Waals surface area contributed by atoms with Gasteiger partial charge < -0.3 is 10.4 Å². The van der Waals surface area contributed by atoms with Gasteiger partial charge in [-0.25, -0.2) is 8.78 Å². The molecule has 0 spiro atoms. The van der Waals surface area contributed by atoms with E-state index in [2.05, 4.69) is 10.4 Å². The molecule has 3 rings (SSSR count). The van der Waals surface area contributed by atoms with Crippen LogP contribution in [0.15, 0.2) is 24.4 Å². The van der Waals surface area contributed by atoms with Crippen molar-refractivity contribution < 1.29 is 18.7 Å². The molecule has 1 amide bonds. The summed E-state index contributed by atoms with van der Waals surface area (Å²) in [5.41, 5.74) is 0.505. The lowest BCUT2D eigenvalue weighted by atomic mass is 9.87. The summed E-state index contributed by atoms with van der Waals surface area (Å²) in [5.74, 6) is -1.57. The first kappa shape index (κ1) is 17.5. The third kappa shape index (κ3) is 4.04. The number of carbonyl (C=O) groups is 1. The number of halogens is 2. The largest absolute Gasteiger partial charge is 0.393 e. The molecule has 134 valence electrons. The van der Waals surface area contributed by atoms with Crippen molar-refractivity contribution in [1.82, 2.24) is 15.1 Å². The smallest absolute Gasteiger partial charge is 0.255 e. The third-order valence-corrected chi connectivity index (χ3v) is 4.57. The van der Waals surface area contributed by atoms with Crippen LogP contribution >= 0.6 is 0 Å². The molecule has 0 bridgehead atoms. The van der Waals surface area contributed by atoms with Gasteiger partial charge in [-0.15, -0.1) is 0 Å². The lowest BCUT2D eigenvalue weighted by Crippen LogP contribution is -2.33. The van der Waals surface area contributed by atoms with Crippen molar-refractivity contribution in [3.8, 4) is 11.3 Å². The van der Waals surface area contributed by atoms with Gasteiger partial charge in [0.15, 0.2) is 0 Å². The van der Waals surface area contributed by atoms with E-state index in [-0.39, 0.29) is 34.7 Å². The summed E-state index contributed by atoms with van der Waals surface area (Å²) >= 11 is 0. The summed E-state index contributed by atoms with van der Waals surface area (Å²) in [6.45, 7) is 0.454. The Morgan fingerprint density at radius 3 is 2.92 bits per heavy atom. The van der Waals surface area contributed by atoms with E-state index in [4.69, 9.17) is 0 Å². The first-order valence-corrected chi connectivity index (χ1v) is 8.39. The number of hydrogen-bond acceptors (Lipinski definition) is 3. The maximum Gasteiger partial charge on any atom is 0.255 e. The molecule has 1 aromatic carbocycles. The third-order valence-electron chi connectivity index (χ3n) is 4.57. The highest BCUT2D eigenvalue weighted by molar-refractivity contribution is 5.99. The predicted molar refractivity (Wildman–Crippen MR) is 88.9 cm³/mol. The number of aliphatic hydroxyl groups is 1. The van der Waals surface area contributed by atoms with Gasteiger partial charge in [-0.2, -0.15) is 5.10 Å². The van der Waals surface area contributed by atoms with Crippen LogP contribution in [-0.4, -0.2) is 33.4 Å². The molecule has 2 unspecified atom stereocenters. The van der Waals surface area contributed by atoms with E-state index in [9.17, 15) is 18.7 Å². The van der Waals surface area contributed by atoms with E-state index in [0.717, 1.165) is 31.4 Å². The minimum absolute atomic E-state index is 0.0836. The van der Waals surface area contributed by atoms with Gasteiger partial charge in [-0.3, -0.25) is 9.48 Å². The van der Waals surface area contributed by atoms with E-state index in [1.807, 2.05) is 0 Å². The molecule has 2 N–H and O–H groups in total. The van der Waals surface area contributed by atoms with Crippen LogP contribution in [0.25, 0.3) is 11.3 Å². The number of aliphatic hydroxyl groups excluding tert-OH is 1. The predicted octanol–water partition coefficient (Wildman–Crippen LogP) is 2.65. The van der Waals surface area contributed by atoms with Crippen molar-refractivity contribution in [2.75, 3.05) is 6.54 Å². The highest BCUT2D eigenvalue weighted by atomic mass is 19.1. The van der Waals surface area contributed by atoms with Crippen LogP contribution in [0, 0.1) is 17.6 Å². The summed E-state index contributed by atoms with van der Waals surface area (Å²) in [4.78, 5) is 12.5. The molecule has 1 aliphatic rings. The van der Waals surface area contributed by atoms with Crippen molar-refractivity contribution in [2.24, 2.45) is 13.0 Å². The Kier molecular flexibility index (Phi) is 5.13. The number of rotatable bonds is 4. The summed E-state index contributed by atoms with van der Waals surface area (Å²) in [5, 5.41) is 16.7. The quantitative estimate of drug-likeness (QED) is 0.892. The number of aryl methyl sites for hydroxylation is 1. The second-order valence-corrected chi connectivity index (χ2v) is 6.59. The molecule has 7 heteroatoms. The fourth-order valence-corrected chi connectivity index (χ4v) is 3.32. The Morgan fingerprint density at radius 2 is 2.20 bits per heavy atom. The fraction of sp³-hybridized carbons (Fsp3) is 0.444. The topological polar surface area (TPSA) is 67.2 Å². The number of nitrogens with one attached hydrogen (secondary N) is 1. The molecular formula is C18H21F2N3O2. The van der Waals surface area contributed by atoms with Crippen LogP contribution in [0.5, 0.6) is 0 Å². The first-order chi connectivity index (χ1) is 11.9. The van der Waals surface area contributed by atoms with E-state index in [1.54, 1.807) is 7.05 Å². The second kappa shape index (κ2) is 7.31. The molecule has 2 atom stereocenters. The Labute approximate surface area is 144 Å². The first-order valence-electron chi connectivity index (χ1n) is 8.39. The van der Waals surface area contributed by atoms with Gasteiger partial charge in [-0.1, -0.05) is 6.42 Å². The lowest BCUT2D eigenvalue weighted by molar-refractivity contribution is 0.0874. The minimum atomic E-state index is -0.761. The molecule has 1 heterocycles. The molecule has 1 aromatic heterocycles. The van der Waals surface area contributed by atoms with Crippen LogP contribution in [0.2, 0.25) is 0 Å². The Hall–Kier alpha value is -2.28. The van der Waals surface area contributed by atoms with Gasteiger partial charge in [0.1, 0.15) is 17.3 Å². The summed E-state index contributed by atoms with van der Waals surface area (Å²) in [6, 6.07) is 3.19. The van der Waals surface area contributed by atoms with Gasteiger partial charge in [0, 0.05) is 31.4 Å². The molecule has 5 nitrogen and oxygen atoms in total. The van der Waals surface area contributed by atoms with Gasteiger partial charge in [0.05, 0.1) is 11.7 Å². The maximum absolute atomic E-state index is 14.1. The number of aromatic nitrogens is 2. The van der Waals surface area contributed by atoms with Gasteiger partial charge in [0.2, 0.25) is 0 Å². The Bertz CT molecular complexity index is 776. The zero-order chi connectivity index (χ0) is 18.0. The van der Waals surface area contributed by atoms with Gasteiger partial charge in [-0.05, 0) is 37.3 Å². The molecule has 2 aromatic rings. The number of carbonyl (C=O) groups excluding carboxylic acids is 1. The van der Waals surface area contributed by atoms with Crippen molar-refractivity contribution >= 4 is 5.91 Å². The Morgan fingerprint density at radius 1 is 1.40 bits per heavy atom. The van der Waals surface area contributed by atoms with Crippen LogP contribution in [-0.2, 0) is 7.05 Å². The Balaban J connectivity index is 1.77. The van der Waals surface area contributed by atoms with Gasteiger partial charge in [0.25, 0.3) is 5.91 Å². The monoisotopic (exact) mass is 349 g/mol. The standard InChI is InChI=1S/C18H21F2N3O2/c1-23-10-15(17(22-23)14-6-5-12(19)8-16(14)20)18(25)21-9-11-3-2-4-13(24)7-11/h5-6,8,10-11,13,24H,2-4,7,9H2,1H3,(H,21,25). The van der Waals surface area contributed by atoms with Crippen molar-refractivity contribution in [2.45, 2.75) is 31.8 Å². The summed E-state index contributed by atoms with van der Waals surface area (Å²) in [7, 11) is 1.64. The van der Waals surface area contributed by atoms with Crippen molar-refractivity contribution in [3.05, 3.63) is 41.6 Å². The van der Waals surface area contributed by atoms with E-state index < -0.39 is 11.6 Å². The maximum atomic E-state index is 14.1. The number of nitrogens with zero attached hydrogens (tertiary/aromatic N) is 2. The number of amides is 1. The molecule has 1 aliphatic carbocycles. The summed E-state index contributed by atoms with van der Waals surface area (Å²) in [6.07, 6.45) is 4.60. The van der Waals surface area contributed by atoms with E-state index >= 15 is 0 Å². The molecule has 1 saturated carbocycles. The highest BCUT2D eigenvalue weighted by Crippen LogP contribution is 2.26. The molecule has 1 fully saturated rings. The molecule has 0 saturated heterocycles. The number of hydrogen-bond donors (Lipinski definition) is 2. The van der Waals surface area contributed by atoms with E-state index in [0.29, 0.717) is 13.0 Å². The average Bonchev–Trinajstić information content (AvgIpc) is 2.94. The number of benzene rings is 1. The van der Waals surface area contributed by atoms with Crippen molar-refractivity contribution in [3.63, 3.8) is 0 Å². The van der Waals surface area contributed by atoms with Crippen LogP contribution < -0.4 is 5.32 Å². The minimum Gasteiger partial charge on any atom is -0.393 e.